The summed E-state index contributed by atoms with van der Waals surface area (Å²) in [6.45, 7) is 2.10. The summed E-state index contributed by atoms with van der Waals surface area (Å²) in [5.74, 6) is 0.760. The van der Waals surface area contributed by atoms with Gasteiger partial charge < -0.3 is 15.5 Å². The van der Waals surface area contributed by atoms with Gasteiger partial charge in [0.25, 0.3) is 0 Å². The van der Waals surface area contributed by atoms with Gasteiger partial charge in [-0.3, -0.25) is 9.59 Å². The van der Waals surface area contributed by atoms with Crippen molar-refractivity contribution in [3.63, 3.8) is 0 Å². The fourth-order valence-corrected chi connectivity index (χ4v) is 4.13. The molecule has 35 heavy (non-hydrogen) atoms. The van der Waals surface area contributed by atoms with Crippen LogP contribution in [0.4, 0.5) is 0 Å². The highest BCUT2D eigenvalue weighted by atomic mass is 16.6. The van der Waals surface area contributed by atoms with Crippen LogP contribution in [-0.4, -0.2) is 38.7 Å². The van der Waals surface area contributed by atoms with Crippen molar-refractivity contribution in [1.29, 1.82) is 0 Å². The molecule has 0 saturated heterocycles. The van der Waals surface area contributed by atoms with Gasteiger partial charge in [-0.25, -0.2) is 0 Å². The largest absolute Gasteiger partial charge is 0.397 e. The second-order valence-corrected chi connectivity index (χ2v) is 8.51. The number of aryl methyl sites for hydroxylation is 2. The zero-order valence-corrected chi connectivity index (χ0v) is 20.8. The van der Waals surface area contributed by atoms with Crippen molar-refractivity contribution >= 4 is 24.1 Å². The standard InChI is InChI=1S/C27H33N3O3.C2H2/c1-19-5-4-6-20(15-19)7-14-24(28-2)16-25(26(17-31)27(29-18-32)30-33-3)23-12-10-22(11-13-23)21-8-9-21;1-2/h4-6,10-13,15,17-18,21,24,28H,7-9,14,16H2,1-3H3,(H,29,30,32);1-2H/b26-25-;/t24-;/m0./s1. The SMILES string of the molecule is C#C.CN[C@@H](CCc1cccc(C)c1)C/C(=C(C=O)/C(=N/OC)NC=O)c1ccc(C2CC2)cc1. The molecule has 2 aromatic rings. The van der Waals surface area contributed by atoms with Crippen LogP contribution in [0.5, 0.6) is 0 Å². The maximum Gasteiger partial charge on any atom is 0.212 e. The van der Waals surface area contributed by atoms with Gasteiger partial charge >= 0.3 is 0 Å². The zero-order chi connectivity index (χ0) is 25.6. The number of rotatable bonds is 12. The Kier molecular flexibility index (Phi) is 11.5. The summed E-state index contributed by atoms with van der Waals surface area (Å²) in [5.41, 5.74) is 5.93. The van der Waals surface area contributed by atoms with E-state index in [-0.39, 0.29) is 11.9 Å². The molecule has 184 valence electrons. The molecule has 6 nitrogen and oxygen atoms in total. The highest BCUT2D eigenvalue weighted by Crippen LogP contribution is 2.40. The van der Waals surface area contributed by atoms with Crippen LogP contribution in [0.3, 0.4) is 0 Å². The predicted octanol–water partition coefficient (Wildman–Crippen LogP) is 4.39. The van der Waals surface area contributed by atoms with Crippen molar-refractivity contribution in [2.24, 2.45) is 5.16 Å². The number of nitrogens with zero attached hydrogens (tertiary/aromatic N) is 1. The molecule has 1 saturated carbocycles. The van der Waals surface area contributed by atoms with Gasteiger partial charge in [-0.2, -0.15) is 0 Å². The fourth-order valence-electron chi connectivity index (χ4n) is 4.13. The van der Waals surface area contributed by atoms with Crippen molar-refractivity contribution in [1.82, 2.24) is 10.6 Å². The lowest BCUT2D eigenvalue weighted by Crippen LogP contribution is -2.29. The molecule has 3 rings (SSSR count). The summed E-state index contributed by atoms with van der Waals surface area (Å²) in [5, 5.41) is 9.80. The third-order valence-electron chi connectivity index (χ3n) is 6.11. The number of terminal acetylenes is 1. The normalized spacial score (nSPS) is 14.6. The lowest BCUT2D eigenvalue weighted by molar-refractivity contribution is -0.108. The van der Waals surface area contributed by atoms with Crippen LogP contribution >= 0.6 is 0 Å². The number of amidine groups is 1. The fraction of sp³-hybridized carbons (Fsp3) is 0.345. The molecule has 0 spiro atoms. The number of benzene rings is 2. The number of oxime groups is 1. The number of carbonyl (C=O) groups is 2. The first-order valence-electron chi connectivity index (χ1n) is 11.8. The average Bonchev–Trinajstić information content (AvgIpc) is 3.73. The molecule has 0 radical (unpaired) electrons. The van der Waals surface area contributed by atoms with Gasteiger partial charge in [0, 0.05) is 6.04 Å². The van der Waals surface area contributed by atoms with Crippen LogP contribution in [0.2, 0.25) is 0 Å². The Balaban J connectivity index is 0.00000210. The first kappa shape index (κ1) is 27.6. The molecule has 1 aliphatic carbocycles. The van der Waals surface area contributed by atoms with Gasteiger partial charge in [-0.05, 0) is 74.3 Å². The molecular formula is C29H35N3O3. The Morgan fingerprint density at radius 1 is 1.17 bits per heavy atom. The molecule has 1 fully saturated rings. The van der Waals surface area contributed by atoms with E-state index in [9.17, 15) is 9.59 Å². The summed E-state index contributed by atoms with van der Waals surface area (Å²) in [6.07, 6.45) is 14.1. The van der Waals surface area contributed by atoms with Crippen molar-refractivity contribution in [3.05, 3.63) is 76.4 Å². The molecule has 0 bridgehead atoms. The summed E-state index contributed by atoms with van der Waals surface area (Å²) in [4.78, 5) is 28.3. The number of hydrogen-bond donors (Lipinski definition) is 2. The number of carbonyl (C=O) groups excluding carboxylic acids is 2. The van der Waals surface area contributed by atoms with Crippen LogP contribution in [0.1, 0.15) is 53.9 Å². The van der Waals surface area contributed by atoms with Gasteiger partial charge in [-0.15, -0.1) is 12.8 Å². The Hall–Kier alpha value is -3.69. The highest BCUT2D eigenvalue weighted by Gasteiger charge is 2.24. The van der Waals surface area contributed by atoms with Crippen LogP contribution in [0.25, 0.3) is 5.57 Å². The Bertz CT molecular complexity index is 1050. The Labute approximate surface area is 208 Å². The first-order valence-corrected chi connectivity index (χ1v) is 11.8. The minimum Gasteiger partial charge on any atom is -0.397 e. The molecule has 1 atom stereocenters. The van der Waals surface area contributed by atoms with Crippen molar-refractivity contribution in [2.75, 3.05) is 14.2 Å². The maximum absolute atomic E-state index is 12.2. The van der Waals surface area contributed by atoms with Gasteiger partial charge in [0.15, 0.2) is 12.1 Å². The number of amides is 1. The van der Waals surface area contributed by atoms with Crippen molar-refractivity contribution in [2.45, 2.75) is 51.0 Å². The predicted molar refractivity (Wildman–Crippen MR) is 142 cm³/mol. The van der Waals surface area contributed by atoms with E-state index < -0.39 is 0 Å². The summed E-state index contributed by atoms with van der Waals surface area (Å²) in [6, 6.07) is 17.0. The molecule has 1 amide bonds. The first-order chi connectivity index (χ1) is 17.1. The van der Waals surface area contributed by atoms with Crippen molar-refractivity contribution < 1.29 is 14.4 Å². The molecule has 0 unspecified atom stereocenters. The van der Waals surface area contributed by atoms with E-state index in [2.05, 4.69) is 84.1 Å². The maximum atomic E-state index is 12.2. The molecule has 6 heteroatoms. The second-order valence-electron chi connectivity index (χ2n) is 8.51. The van der Waals surface area contributed by atoms with Crippen LogP contribution < -0.4 is 10.6 Å². The summed E-state index contributed by atoms with van der Waals surface area (Å²) in [7, 11) is 3.32. The van der Waals surface area contributed by atoms with E-state index in [1.807, 2.05) is 7.05 Å². The van der Waals surface area contributed by atoms with Crippen LogP contribution in [0.15, 0.2) is 59.3 Å². The van der Waals surface area contributed by atoms with Gasteiger partial charge in [0.1, 0.15) is 7.11 Å². The summed E-state index contributed by atoms with van der Waals surface area (Å²) < 4.78 is 0. The molecule has 2 aromatic carbocycles. The smallest absolute Gasteiger partial charge is 0.212 e. The number of nitrogens with one attached hydrogen (secondary N) is 2. The molecular weight excluding hydrogens is 438 g/mol. The van der Waals surface area contributed by atoms with Crippen LogP contribution in [0, 0.1) is 19.8 Å². The van der Waals surface area contributed by atoms with Gasteiger partial charge in [0.2, 0.25) is 6.41 Å². The lowest BCUT2D eigenvalue weighted by atomic mass is 9.90. The Morgan fingerprint density at radius 2 is 1.89 bits per heavy atom. The average molecular weight is 474 g/mol. The van der Waals surface area contributed by atoms with E-state index in [0.717, 1.165) is 30.3 Å². The topological polar surface area (TPSA) is 79.8 Å². The quantitative estimate of drug-likeness (QED) is 0.120. The minimum atomic E-state index is 0.109. The molecule has 0 aliphatic heterocycles. The number of aldehydes is 1. The van der Waals surface area contributed by atoms with E-state index in [4.69, 9.17) is 4.84 Å². The van der Waals surface area contributed by atoms with Gasteiger partial charge in [0.05, 0.1) is 5.57 Å². The highest BCUT2D eigenvalue weighted by molar-refractivity contribution is 6.21. The molecule has 0 aromatic heterocycles. The molecule has 2 N–H and O–H groups in total. The lowest BCUT2D eigenvalue weighted by Gasteiger charge is -2.21. The third kappa shape index (κ3) is 8.24. The van der Waals surface area contributed by atoms with E-state index >= 15 is 0 Å². The zero-order valence-electron chi connectivity index (χ0n) is 20.8. The van der Waals surface area contributed by atoms with Gasteiger partial charge in [-0.1, -0.05) is 59.3 Å². The van der Waals surface area contributed by atoms with Crippen LogP contribution in [-0.2, 0) is 20.8 Å². The molecule has 1 aliphatic rings. The monoisotopic (exact) mass is 473 g/mol. The third-order valence-corrected chi connectivity index (χ3v) is 6.11. The second kappa shape index (κ2) is 14.5. The minimum absolute atomic E-state index is 0.109. The van der Waals surface area contributed by atoms with E-state index in [1.165, 1.54) is 36.6 Å². The van der Waals surface area contributed by atoms with E-state index in [0.29, 0.717) is 24.3 Å². The molecule has 0 heterocycles. The number of hydrogen-bond acceptors (Lipinski definition) is 5. The Morgan fingerprint density at radius 3 is 2.43 bits per heavy atom. The van der Waals surface area contributed by atoms with Crippen molar-refractivity contribution in [3.8, 4) is 12.8 Å². The summed E-state index contributed by atoms with van der Waals surface area (Å²) >= 11 is 0. The van der Waals surface area contributed by atoms with E-state index in [1.54, 1.807) is 0 Å².